The standard InChI is InChI=1S/C21H35ClO3/c1-2-13-23-20-14-24-21(25-15-20)19-9-7-18(8-10-19)17-5-3-16(4-6-17)11-12-22/h11-12,16-21H,2-10,13-15H2,1H3/b12-11+/t16-,17-,18?,19?,20-,21-. The summed E-state index contributed by atoms with van der Waals surface area (Å²) in [4.78, 5) is 0. The van der Waals surface area contributed by atoms with Crippen LogP contribution in [-0.4, -0.2) is 32.2 Å². The van der Waals surface area contributed by atoms with Crippen molar-refractivity contribution in [3.8, 4) is 0 Å². The van der Waals surface area contributed by atoms with Gasteiger partial charge in [-0.05, 0) is 75.5 Å². The highest BCUT2D eigenvalue weighted by Crippen LogP contribution is 2.43. The normalized spacial score (nSPS) is 40.4. The lowest BCUT2D eigenvalue weighted by atomic mass is 9.69. The Morgan fingerprint density at radius 2 is 1.44 bits per heavy atom. The van der Waals surface area contributed by atoms with Gasteiger partial charge in [-0.25, -0.2) is 0 Å². The van der Waals surface area contributed by atoms with Crippen LogP contribution in [-0.2, 0) is 14.2 Å². The monoisotopic (exact) mass is 370 g/mol. The summed E-state index contributed by atoms with van der Waals surface area (Å²) < 4.78 is 17.7. The summed E-state index contributed by atoms with van der Waals surface area (Å²) in [6, 6.07) is 0. The van der Waals surface area contributed by atoms with E-state index < -0.39 is 0 Å². The Hall–Kier alpha value is -0.0900. The molecule has 0 unspecified atom stereocenters. The molecule has 0 spiro atoms. The first-order valence-electron chi connectivity index (χ1n) is 10.4. The molecule has 3 fully saturated rings. The Kier molecular flexibility index (Phi) is 8.10. The third-order valence-electron chi connectivity index (χ3n) is 6.48. The molecule has 2 aliphatic carbocycles. The van der Waals surface area contributed by atoms with E-state index in [9.17, 15) is 0 Å². The lowest BCUT2D eigenvalue weighted by Crippen LogP contribution is -2.42. The van der Waals surface area contributed by atoms with Crippen molar-refractivity contribution < 1.29 is 14.2 Å². The highest BCUT2D eigenvalue weighted by atomic mass is 35.5. The molecular weight excluding hydrogens is 336 g/mol. The van der Waals surface area contributed by atoms with Gasteiger partial charge in [-0.3, -0.25) is 0 Å². The second kappa shape index (κ2) is 10.3. The third kappa shape index (κ3) is 5.69. The quantitative estimate of drug-likeness (QED) is 0.616. The van der Waals surface area contributed by atoms with Gasteiger partial charge in [0.2, 0.25) is 0 Å². The second-order valence-electron chi connectivity index (χ2n) is 8.20. The Labute approximate surface area is 158 Å². The average molecular weight is 371 g/mol. The Morgan fingerprint density at radius 1 is 0.880 bits per heavy atom. The van der Waals surface area contributed by atoms with Gasteiger partial charge in [-0.15, -0.1) is 0 Å². The Morgan fingerprint density at radius 3 is 2.00 bits per heavy atom. The lowest BCUT2D eigenvalue weighted by Gasteiger charge is -2.40. The lowest BCUT2D eigenvalue weighted by molar-refractivity contribution is -0.250. The first-order chi connectivity index (χ1) is 12.3. The highest BCUT2D eigenvalue weighted by molar-refractivity contribution is 6.25. The summed E-state index contributed by atoms with van der Waals surface area (Å²) in [5, 5.41) is 0. The maximum absolute atomic E-state index is 5.98. The molecule has 1 heterocycles. The largest absolute Gasteiger partial charge is 0.373 e. The van der Waals surface area contributed by atoms with Crippen molar-refractivity contribution in [2.75, 3.05) is 19.8 Å². The summed E-state index contributed by atoms with van der Waals surface area (Å²) in [7, 11) is 0. The molecule has 144 valence electrons. The summed E-state index contributed by atoms with van der Waals surface area (Å²) in [6.07, 6.45) is 14.0. The van der Waals surface area contributed by atoms with Gasteiger partial charge < -0.3 is 14.2 Å². The summed E-state index contributed by atoms with van der Waals surface area (Å²) in [5.74, 6) is 3.15. The van der Waals surface area contributed by atoms with E-state index in [1.165, 1.54) is 51.4 Å². The number of halogens is 1. The first kappa shape index (κ1) is 19.7. The van der Waals surface area contributed by atoms with Gasteiger partial charge in [-0.1, -0.05) is 24.6 Å². The first-order valence-corrected chi connectivity index (χ1v) is 10.9. The molecular formula is C21H35ClO3. The van der Waals surface area contributed by atoms with E-state index in [-0.39, 0.29) is 12.4 Å². The van der Waals surface area contributed by atoms with Gasteiger partial charge >= 0.3 is 0 Å². The Bertz CT molecular complexity index is 390. The molecule has 0 aromatic heterocycles. The Balaban J connectivity index is 1.35. The number of ether oxygens (including phenoxy) is 3. The van der Waals surface area contributed by atoms with E-state index in [2.05, 4.69) is 13.0 Å². The molecule has 3 nitrogen and oxygen atoms in total. The van der Waals surface area contributed by atoms with Crippen LogP contribution in [0.25, 0.3) is 0 Å². The van der Waals surface area contributed by atoms with Crippen LogP contribution in [0.3, 0.4) is 0 Å². The van der Waals surface area contributed by atoms with E-state index in [1.807, 2.05) is 0 Å². The molecule has 25 heavy (non-hydrogen) atoms. The highest BCUT2D eigenvalue weighted by Gasteiger charge is 2.35. The summed E-state index contributed by atoms with van der Waals surface area (Å²) >= 11 is 5.73. The second-order valence-corrected chi connectivity index (χ2v) is 8.45. The fourth-order valence-electron chi connectivity index (χ4n) is 4.95. The predicted octanol–water partition coefficient (Wildman–Crippen LogP) is 5.52. The zero-order chi connectivity index (χ0) is 17.5. The molecule has 0 bridgehead atoms. The maximum atomic E-state index is 5.98. The van der Waals surface area contributed by atoms with Crippen LogP contribution in [0.15, 0.2) is 11.6 Å². The van der Waals surface area contributed by atoms with Crippen molar-refractivity contribution in [1.29, 1.82) is 0 Å². The summed E-state index contributed by atoms with van der Waals surface area (Å²) in [6.45, 7) is 4.33. The predicted molar refractivity (Wildman–Crippen MR) is 102 cm³/mol. The molecule has 3 aliphatic rings. The molecule has 3 rings (SSSR count). The van der Waals surface area contributed by atoms with Crippen LogP contribution < -0.4 is 0 Å². The molecule has 4 heteroatoms. The van der Waals surface area contributed by atoms with Gasteiger partial charge in [0.1, 0.15) is 6.10 Å². The zero-order valence-corrected chi connectivity index (χ0v) is 16.5. The molecule has 1 aliphatic heterocycles. The molecule has 0 aromatic carbocycles. The van der Waals surface area contributed by atoms with E-state index in [0.29, 0.717) is 19.1 Å². The number of rotatable bonds is 6. The molecule has 1 saturated heterocycles. The van der Waals surface area contributed by atoms with Crippen LogP contribution in [0, 0.1) is 23.7 Å². The molecule has 0 amide bonds. The van der Waals surface area contributed by atoms with Crippen molar-refractivity contribution in [2.45, 2.75) is 77.1 Å². The van der Waals surface area contributed by atoms with Gasteiger partial charge in [-0.2, -0.15) is 0 Å². The minimum atomic E-state index is 0.00650. The topological polar surface area (TPSA) is 27.7 Å². The van der Waals surface area contributed by atoms with Crippen LogP contribution in [0.1, 0.15) is 64.7 Å². The van der Waals surface area contributed by atoms with Crippen LogP contribution in [0.4, 0.5) is 0 Å². The molecule has 2 saturated carbocycles. The average Bonchev–Trinajstić information content (AvgIpc) is 2.68. The van der Waals surface area contributed by atoms with Gasteiger partial charge in [0.25, 0.3) is 0 Å². The fourth-order valence-corrected chi connectivity index (χ4v) is 5.16. The van der Waals surface area contributed by atoms with Crippen molar-refractivity contribution in [2.24, 2.45) is 23.7 Å². The van der Waals surface area contributed by atoms with Gasteiger partial charge in [0.05, 0.1) is 13.2 Å². The minimum Gasteiger partial charge on any atom is -0.373 e. The number of allylic oxidation sites excluding steroid dienone is 1. The van der Waals surface area contributed by atoms with E-state index >= 15 is 0 Å². The SMILES string of the molecule is CCCO[C@H]1CO[C@H](C2CCC([C@H]3CC[C@H](/C=C/Cl)CC3)CC2)OC1. The molecule has 0 aromatic rings. The smallest absolute Gasteiger partial charge is 0.160 e. The van der Waals surface area contributed by atoms with Crippen LogP contribution >= 0.6 is 11.6 Å². The summed E-state index contributed by atoms with van der Waals surface area (Å²) in [5.41, 5.74) is 1.71. The zero-order valence-electron chi connectivity index (χ0n) is 15.7. The van der Waals surface area contributed by atoms with Gasteiger partial charge in [0, 0.05) is 18.1 Å². The van der Waals surface area contributed by atoms with Crippen LogP contribution in [0.5, 0.6) is 0 Å². The minimum absolute atomic E-state index is 0.00650. The van der Waals surface area contributed by atoms with E-state index in [1.54, 1.807) is 5.54 Å². The molecule has 0 N–H and O–H groups in total. The number of hydrogen-bond donors (Lipinski definition) is 0. The number of hydrogen-bond acceptors (Lipinski definition) is 3. The van der Waals surface area contributed by atoms with Crippen molar-refractivity contribution in [3.05, 3.63) is 11.6 Å². The molecule has 0 radical (unpaired) electrons. The van der Waals surface area contributed by atoms with Crippen molar-refractivity contribution >= 4 is 11.6 Å². The van der Waals surface area contributed by atoms with Crippen molar-refractivity contribution in [3.63, 3.8) is 0 Å². The van der Waals surface area contributed by atoms with Crippen LogP contribution in [0.2, 0.25) is 0 Å². The third-order valence-corrected chi connectivity index (χ3v) is 6.63. The maximum Gasteiger partial charge on any atom is 0.160 e. The molecule has 0 atom stereocenters. The van der Waals surface area contributed by atoms with E-state index in [0.717, 1.165) is 30.8 Å². The van der Waals surface area contributed by atoms with E-state index in [4.69, 9.17) is 25.8 Å². The van der Waals surface area contributed by atoms with Gasteiger partial charge in [0.15, 0.2) is 6.29 Å². The fraction of sp³-hybridized carbons (Fsp3) is 0.905. The van der Waals surface area contributed by atoms with Crippen molar-refractivity contribution in [1.82, 2.24) is 0 Å².